The first-order valence-electron chi connectivity index (χ1n) is 8.18. The van der Waals surface area contributed by atoms with Gasteiger partial charge in [-0.25, -0.2) is 4.79 Å². The minimum absolute atomic E-state index is 0.138. The predicted molar refractivity (Wildman–Crippen MR) is 98.1 cm³/mol. The molecule has 0 bridgehead atoms. The lowest BCUT2D eigenvalue weighted by Crippen LogP contribution is -2.28. The summed E-state index contributed by atoms with van der Waals surface area (Å²) < 4.78 is 11.1. The fraction of sp³-hybridized carbons (Fsp3) is 0.263. The topological polar surface area (TPSA) is 84.9 Å². The van der Waals surface area contributed by atoms with E-state index in [0.717, 1.165) is 5.56 Å². The number of thioether (sulfide) groups is 1. The highest BCUT2D eigenvalue weighted by Gasteiger charge is 2.16. The van der Waals surface area contributed by atoms with Crippen LogP contribution >= 0.6 is 11.8 Å². The van der Waals surface area contributed by atoms with Crippen molar-refractivity contribution in [2.75, 3.05) is 19.0 Å². The highest BCUT2D eigenvalue weighted by atomic mass is 32.2. The van der Waals surface area contributed by atoms with E-state index in [2.05, 4.69) is 5.32 Å². The number of amides is 1. The summed E-state index contributed by atoms with van der Waals surface area (Å²) in [7, 11) is 0. The van der Waals surface area contributed by atoms with Crippen molar-refractivity contribution >= 4 is 23.6 Å². The van der Waals surface area contributed by atoms with E-state index in [1.54, 1.807) is 18.2 Å². The third-order valence-corrected chi connectivity index (χ3v) is 4.99. The van der Waals surface area contributed by atoms with Crippen LogP contribution in [0.5, 0.6) is 11.5 Å². The number of aromatic carboxylic acids is 1. The van der Waals surface area contributed by atoms with E-state index in [-0.39, 0.29) is 23.3 Å². The molecule has 3 rings (SSSR count). The van der Waals surface area contributed by atoms with Crippen LogP contribution in [0.3, 0.4) is 0 Å². The van der Waals surface area contributed by atoms with Gasteiger partial charge in [-0.3, -0.25) is 4.79 Å². The molecule has 1 aliphatic rings. The van der Waals surface area contributed by atoms with Gasteiger partial charge < -0.3 is 19.9 Å². The lowest BCUT2D eigenvalue weighted by molar-refractivity contribution is -0.119. The summed E-state index contributed by atoms with van der Waals surface area (Å²) in [6.07, 6.45) is 0. The number of nitrogens with one attached hydrogen (secondary N) is 1. The number of benzene rings is 2. The molecule has 0 saturated carbocycles. The highest BCUT2D eigenvalue weighted by Crippen LogP contribution is 2.32. The maximum absolute atomic E-state index is 12.2. The van der Waals surface area contributed by atoms with Gasteiger partial charge in [-0.05, 0) is 36.8 Å². The normalized spacial score (nSPS) is 13.7. The van der Waals surface area contributed by atoms with Gasteiger partial charge in [0, 0.05) is 4.90 Å². The monoisotopic (exact) mass is 373 g/mol. The molecule has 136 valence electrons. The van der Waals surface area contributed by atoms with E-state index in [4.69, 9.17) is 9.47 Å². The fourth-order valence-electron chi connectivity index (χ4n) is 2.61. The molecule has 6 nitrogen and oxygen atoms in total. The molecule has 1 heterocycles. The molecule has 2 aromatic rings. The maximum Gasteiger partial charge on any atom is 0.336 e. The molecule has 0 fully saturated rings. The first-order chi connectivity index (χ1) is 12.5. The maximum atomic E-state index is 12.2. The van der Waals surface area contributed by atoms with Crippen LogP contribution in [0.25, 0.3) is 0 Å². The average Bonchev–Trinajstić information content (AvgIpc) is 2.66. The molecule has 0 radical (unpaired) electrons. The summed E-state index contributed by atoms with van der Waals surface area (Å²) in [6.45, 7) is 2.93. The van der Waals surface area contributed by atoms with E-state index < -0.39 is 5.97 Å². The average molecular weight is 373 g/mol. The van der Waals surface area contributed by atoms with Crippen molar-refractivity contribution in [2.24, 2.45) is 0 Å². The zero-order chi connectivity index (χ0) is 18.5. The van der Waals surface area contributed by atoms with Gasteiger partial charge in [0.25, 0.3) is 0 Å². The number of hydrogen-bond donors (Lipinski definition) is 2. The van der Waals surface area contributed by atoms with Crippen LogP contribution in [0.2, 0.25) is 0 Å². The van der Waals surface area contributed by atoms with Crippen LogP contribution in [0.4, 0.5) is 0 Å². The van der Waals surface area contributed by atoms with Gasteiger partial charge in [0.15, 0.2) is 11.5 Å². The largest absolute Gasteiger partial charge is 0.486 e. The highest BCUT2D eigenvalue weighted by molar-refractivity contribution is 8.00. The molecule has 0 unspecified atom stereocenters. The van der Waals surface area contributed by atoms with Crippen molar-refractivity contribution < 1.29 is 24.2 Å². The predicted octanol–water partition coefficient (Wildman–Crippen LogP) is 3.13. The minimum atomic E-state index is -1.00. The molecule has 0 spiro atoms. The van der Waals surface area contributed by atoms with Crippen LogP contribution < -0.4 is 14.8 Å². The molecule has 0 aliphatic carbocycles. The zero-order valence-corrected chi connectivity index (χ0v) is 15.0. The number of carboxylic acids is 1. The van der Waals surface area contributed by atoms with E-state index in [9.17, 15) is 14.7 Å². The molecule has 7 heteroatoms. The van der Waals surface area contributed by atoms with Crippen molar-refractivity contribution in [1.82, 2.24) is 5.32 Å². The Labute approximate surface area is 155 Å². The van der Waals surface area contributed by atoms with E-state index in [1.807, 2.05) is 25.1 Å². The summed E-state index contributed by atoms with van der Waals surface area (Å²) >= 11 is 1.21. The number of carbonyl (C=O) groups is 2. The third-order valence-electron chi connectivity index (χ3n) is 3.92. The lowest BCUT2D eigenvalue weighted by Gasteiger charge is -2.21. The van der Waals surface area contributed by atoms with Gasteiger partial charge in [-0.2, -0.15) is 0 Å². The zero-order valence-electron chi connectivity index (χ0n) is 14.2. The van der Waals surface area contributed by atoms with Crippen molar-refractivity contribution in [1.29, 1.82) is 0 Å². The Kier molecular flexibility index (Phi) is 5.68. The minimum Gasteiger partial charge on any atom is -0.486 e. The van der Waals surface area contributed by atoms with Gasteiger partial charge in [0.05, 0.1) is 17.4 Å². The molecule has 26 heavy (non-hydrogen) atoms. The van der Waals surface area contributed by atoms with E-state index >= 15 is 0 Å². The third kappa shape index (κ3) is 4.29. The van der Waals surface area contributed by atoms with Gasteiger partial charge in [-0.15, -0.1) is 11.8 Å². The second-order valence-electron chi connectivity index (χ2n) is 5.78. The molecule has 0 saturated heterocycles. The molecular weight excluding hydrogens is 354 g/mol. The Morgan fingerprint density at radius 2 is 1.88 bits per heavy atom. The van der Waals surface area contributed by atoms with Gasteiger partial charge in [0.2, 0.25) is 5.91 Å². The fourth-order valence-corrected chi connectivity index (χ4v) is 3.46. The Balaban J connectivity index is 1.59. The van der Waals surface area contributed by atoms with Crippen molar-refractivity contribution in [3.05, 3.63) is 53.6 Å². The summed E-state index contributed by atoms with van der Waals surface area (Å²) in [5.74, 6) is 0.355. The number of hydrogen-bond acceptors (Lipinski definition) is 5. The lowest BCUT2D eigenvalue weighted by atomic mass is 10.1. The smallest absolute Gasteiger partial charge is 0.336 e. The summed E-state index contributed by atoms with van der Waals surface area (Å²) in [4.78, 5) is 24.0. The molecule has 2 aromatic carbocycles. The van der Waals surface area contributed by atoms with Gasteiger partial charge in [0.1, 0.15) is 13.2 Å². The van der Waals surface area contributed by atoms with Crippen molar-refractivity contribution in [2.45, 2.75) is 17.9 Å². The second-order valence-corrected chi connectivity index (χ2v) is 6.80. The van der Waals surface area contributed by atoms with Crippen LogP contribution in [0.15, 0.2) is 47.4 Å². The van der Waals surface area contributed by atoms with Crippen molar-refractivity contribution in [3.63, 3.8) is 0 Å². The Morgan fingerprint density at radius 1 is 1.15 bits per heavy atom. The quantitative estimate of drug-likeness (QED) is 0.757. The van der Waals surface area contributed by atoms with Gasteiger partial charge in [-0.1, -0.05) is 18.2 Å². The number of rotatable bonds is 6. The Morgan fingerprint density at radius 3 is 2.65 bits per heavy atom. The van der Waals surface area contributed by atoms with Crippen LogP contribution in [-0.2, 0) is 4.79 Å². The number of carbonyl (C=O) groups excluding carboxylic acids is 1. The molecule has 1 aliphatic heterocycles. The molecular formula is C19H19NO5S. The van der Waals surface area contributed by atoms with Crippen LogP contribution in [0, 0.1) is 0 Å². The van der Waals surface area contributed by atoms with Crippen LogP contribution in [-0.4, -0.2) is 35.9 Å². The van der Waals surface area contributed by atoms with E-state index in [1.165, 1.54) is 17.8 Å². The molecule has 1 amide bonds. The Bertz CT molecular complexity index is 823. The molecule has 2 N–H and O–H groups in total. The van der Waals surface area contributed by atoms with Crippen LogP contribution in [0.1, 0.15) is 28.9 Å². The van der Waals surface area contributed by atoms with E-state index in [0.29, 0.717) is 29.6 Å². The second kappa shape index (κ2) is 8.14. The number of fused-ring (bicyclic) bond motifs is 1. The van der Waals surface area contributed by atoms with Gasteiger partial charge >= 0.3 is 5.97 Å². The summed E-state index contributed by atoms with van der Waals surface area (Å²) in [6, 6.07) is 12.0. The number of carboxylic acid groups (broad SMARTS) is 1. The summed E-state index contributed by atoms with van der Waals surface area (Å²) in [5.41, 5.74) is 1.11. The first-order valence-corrected chi connectivity index (χ1v) is 9.17. The molecule has 1 atom stereocenters. The van der Waals surface area contributed by atoms with Crippen molar-refractivity contribution in [3.8, 4) is 11.5 Å². The summed E-state index contributed by atoms with van der Waals surface area (Å²) in [5, 5.41) is 12.1. The molecule has 0 aromatic heterocycles. The Hall–Kier alpha value is -2.67. The standard InChI is InChI=1S/C19H19NO5S/c1-12(13-6-7-15-16(10-13)25-9-8-24-15)20-18(21)11-26-17-5-3-2-4-14(17)19(22)23/h2-7,10,12H,8-9,11H2,1H3,(H,20,21)(H,22,23)/t12-/m0/s1. The number of ether oxygens (including phenoxy) is 2. The SMILES string of the molecule is C[C@H](NC(=O)CSc1ccccc1C(=O)O)c1ccc2c(c1)OCCO2. The first kappa shape index (κ1) is 18.1.